The maximum absolute atomic E-state index is 12.6. The van der Waals surface area contributed by atoms with Crippen molar-refractivity contribution >= 4 is 5.78 Å². The zero-order chi connectivity index (χ0) is 18.4. The van der Waals surface area contributed by atoms with Crippen LogP contribution in [0.25, 0.3) is 23.0 Å². The first-order valence-corrected chi connectivity index (χ1v) is 7.40. The van der Waals surface area contributed by atoms with Gasteiger partial charge in [0.05, 0.1) is 5.56 Å². The van der Waals surface area contributed by atoms with Crippen LogP contribution in [-0.4, -0.2) is 20.9 Å². The van der Waals surface area contributed by atoms with Gasteiger partial charge in [0.15, 0.2) is 5.78 Å². The zero-order valence-corrected chi connectivity index (χ0v) is 13.7. The summed E-state index contributed by atoms with van der Waals surface area (Å²) >= 11 is 0. The number of carbonyl (C=O) groups excluding carboxylic acids is 1. The number of ketones is 1. The predicted molar refractivity (Wildman–Crippen MR) is 84.0 cm³/mol. The van der Waals surface area contributed by atoms with Crippen LogP contribution in [0, 0.1) is 13.8 Å². The van der Waals surface area contributed by atoms with Crippen molar-refractivity contribution in [2.45, 2.75) is 26.9 Å². The molecular formula is C17H14F3N3O2. The summed E-state index contributed by atoms with van der Waals surface area (Å²) in [6, 6.07) is 4.49. The van der Waals surface area contributed by atoms with Gasteiger partial charge in [-0.05, 0) is 38.5 Å². The van der Waals surface area contributed by atoms with Crippen molar-refractivity contribution < 1.29 is 22.5 Å². The molecule has 8 heteroatoms. The number of aromatic amines is 1. The van der Waals surface area contributed by atoms with Crippen LogP contribution in [0.2, 0.25) is 0 Å². The van der Waals surface area contributed by atoms with Crippen LogP contribution < -0.4 is 0 Å². The van der Waals surface area contributed by atoms with E-state index >= 15 is 0 Å². The monoisotopic (exact) mass is 349 g/mol. The lowest BCUT2D eigenvalue weighted by Crippen LogP contribution is -2.04. The smallest absolute Gasteiger partial charge is 0.354 e. The van der Waals surface area contributed by atoms with E-state index in [0.29, 0.717) is 28.1 Å². The normalized spacial score (nSPS) is 11.8. The fraction of sp³-hybridized carbons (Fsp3) is 0.235. The zero-order valence-electron chi connectivity index (χ0n) is 13.7. The molecule has 0 saturated heterocycles. The number of aryl methyl sites for hydroxylation is 1. The Morgan fingerprint density at radius 2 is 1.80 bits per heavy atom. The molecule has 1 aromatic carbocycles. The number of aromatic nitrogens is 3. The molecule has 5 nitrogen and oxygen atoms in total. The molecule has 0 saturated carbocycles. The lowest BCUT2D eigenvalue weighted by Gasteiger charge is -2.05. The van der Waals surface area contributed by atoms with E-state index < -0.39 is 11.7 Å². The molecule has 0 aliphatic heterocycles. The van der Waals surface area contributed by atoms with Crippen molar-refractivity contribution in [3.8, 4) is 23.0 Å². The molecule has 1 N–H and O–H groups in total. The quantitative estimate of drug-likeness (QED) is 0.703. The summed E-state index contributed by atoms with van der Waals surface area (Å²) in [5.74, 6) is 0.253. The number of benzene rings is 1. The lowest BCUT2D eigenvalue weighted by molar-refractivity contribution is -0.137. The number of H-pyrrole nitrogens is 1. The van der Waals surface area contributed by atoms with Crippen LogP contribution in [-0.2, 0) is 6.18 Å². The first-order chi connectivity index (χ1) is 11.7. The Morgan fingerprint density at radius 1 is 1.16 bits per heavy atom. The highest BCUT2D eigenvalue weighted by atomic mass is 19.4. The largest absolute Gasteiger partial charge is 0.416 e. The third-order valence-electron chi connectivity index (χ3n) is 3.90. The number of nitrogens with one attached hydrogen (secondary N) is 1. The Morgan fingerprint density at radius 3 is 2.32 bits per heavy atom. The Balaban J connectivity index is 1.96. The van der Waals surface area contributed by atoms with E-state index in [1.54, 1.807) is 13.8 Å². The minimum absolute atomic E-state index is 0.0834. The molecule has 0 bridgehead atoms. The highest BCUT2D eigenvalue weighted by Gasteiger charge is 2.30. The van der Waals surface area contributed by atoms with E-state index in [0.717, 1.165) is 12.1 Å². The van der Waals surface area contributed by atoms with Crippen molar-refractivity contribution in [2.75, 3.05) is 0 Å². The van der Waals surface area contributed by atoms with Gasteiger partial charge in [0.25, 0.3) is 5.89 Å². The van der Waals surface area contributed by atoms with Crippen LogP contribution in [0.1, 0.15) is 34.1 Å². The molecule has 25 heavy (non-hydrogen) atoms. The summed E-state index contributed by atoms with van der Waals surface area (Å²) in [6.07, 6.45) is -4.40. The SMILES string of the molecule is CC(=O)c1c(C)[nH]c(-c2nc(-c3ccc(C(F)(F)F)cc3)no2)c1C. The molecule has 0 amide bonds. The third-order valence-corrected chi connectivity index (χ3v) is 3.90. The molecule has 3 rings (SSSR count). The van der Waals surface area contributed by atoms with E-state index in [1.165, 1.54) is 19.1 Å². The van der Waals surface area contributed by atoms with Crippen LogP contribution in [0.15, 0.2) is 28.8 Å². The van der Waals surface area contributed by atoms with Gasteiger partial charge in [0.2, 0.25) is 5.82 Å². The fourth-order valence-electron chi connectivity index (χ4n) is 2.74. The number of rotatable bonds is 3. The molecule has 0 fully saturated rings. The second-order valence-corrected chi connectivity index (χ2v) is 5.68. The van der Waals surface area contributed by atoms with Crippen LogP contribution in [0.3, 0.4) is 0 Å². The molecule has 0 aliphatic rings. The van der Waals surface area contributed by atoms with Gasteiger partial charge >= 0.3 is 6.18 Å². The van der Waals surface area contributed by atoms with Gasteiger partial charge < -0.3 is 9.51 Å². The van der Waals surface area contributed by atoms with Gasteiger partial charge in [-0.15, -0.1) is 0 Å². The topological polar surface area (TPSA) is 71.8 Å². The summed E-state index contributed by atoms with van der Waals surface area (Å²) in [5, 5.41) is 3.81. The van der Waals surface area contributed by atoms with Crippen LogP contribution in [0.5, 0.6) is 0 Å². The molecule has 0 radical (unpaired) electrons. The summed E-state index contributed by atoms with van der Waals surface area (Å²) in [4.78, 5) is 18.9. The Bertz CT molecular complexity index is 937. The summed E-state index contributed by atoms with van der Waals surface area (Å²) in [5.41, 5.74) is 2.11. The maximum Gasteiger partial charge on any atom is 0.416 e. The van der Waals surface area contributed by atoms with E-state index in [2.05, 4.69) is 15.1 Å². The number of hydrogen-bond donors (Lipinski definition) is 1. The Labute approximate surface area is 140 Å². The van der Waals surface area contributed by atoms with Crippen molar-refractivity contribution in [2.24, 2.45) is 0 Å². The first kappa shape index (κ1) is 16.9. The van der Waals surface area contributed by atoms with Crippen molar-refractivity contribution in [1.29, 1.82) is 0 Å². The molecule has 130 valence electrons. The number of carbonyl (C=O) groups is 1. The standard InChI is InChI=1S/C17H14F3N3O2/c1-8-13(10(3)24)9(2)21-14(8)16-22-15(23-25-16)11-4-6-12(7-5-11)17(18,19)20/h4-7,21H,1-3H3. The van der Waals surface area contributed by atoms with E-state index in [1.807, 2.05) is 0 Å². The third kappa shape index (κ3) is 3.07. The average molecular weight is 349 g/mol. The van der Waals surface area contributed by atoms with E-state index in [4.69, 9.17) is 4.52 Å². The number of hydrogen-bond acceptors (Lipinski definition) is 4. The molecule has 0 atom stereocenters. The molecule has 0 aliphatic carbocycles. The number of halogens is 3. The molecule has 3 aromatic rings. The lowest BCUT2D eigenvalue weighted by atomic mass is 10.1. The second kappa shape index (κ2) is 5.87. The summed E-state index contributed by atoms with van der Waals surface area (Å²) in [6.45, 7) is 4.99. The first-order valence-electron chi connectivity index (χ1n) is 7.40. The van der Waals surface area contributed by atoms with Crippen LogP contribution in [0.4, 0.5) is 13.2 Å². The van der Waals surface area contributed by atoms with Gasteiger partial charge in [-0.3, -0.25) is 4.79 Å². The Hall–Kier alpha value is -2.90. The fourth-order valence-corrected chi connectivity index (χ4v) is 2.74. The minimum Gasteiger partial charge on any atom is -0.354 e. The second-order valence-electron chi connectivity index (χ2n) is 5.68. The van der Waals surface area contributed by atoms with Gasteiger partial charge in [0, 0.05) is 16.8 Å². The average Bonchev–Trinajstić information content (AvgIpc) is 3.11. The molecule has 2 aromatic heterocycles. The van der Waals surface area contributed by atoms with Gasteiger partial charge in [0.1, 0.15) is 5.69 Å². The van der Waals surface area contributed by atoms with Gasteiger partial charge in [-0.1, -0.05) is 17.3 Å². The molecule has 0 unspecified atom stereocenters. The summed E-state index contributed by atoms with van der Waals surface area (Å²) in [7, 11) is 0. The number of alkyl halides is 3. The number of nitrogens with zero attached hydrogens (tertiary/aromatic N) is 2. The Kier molecular flexibility index (Phi) is 3.98. The predicted octanol–water partition coefficient (Wildman–Crippen LogP) is 4.57. The van der Waals surface area contributed by atoms with Gasteiger partial charge in [-0.2, -0.15) is 18.2 Å². The van der Waals surface area contributed by atoms with Gasteiger partial charge in [-0.25, -0.2) is 0 Å². The van der Waals surface area contributed by atoms with E-state index in [-0.39, 0.29) is 17.5 Å². The highest BCUT2D eigenvalue weighted by molar-refractivity contribution is 5.98. The van der Waals surface area contributed by atoms with Crippen molar-refractivity contribution in [1.82, 2.24) is 15.1 Å². The van der Waals surface area contributed by atoms with Crippen LogP contribution >= 0.6 is 0 Å². The highest BCUT2D eigenvalue weighted by Crippen LogP contribution is 2.31. The summed E-state index contributed by atoms with van der Waals surface area (Å²) < 4.78 is 43.1. The molecular weight excluding hydrogens is 335 g/mol. The maximum atomic E-state index is 12.6. The molecule has 0 spiro atoms. The van der Waals surface area contributed by atoms with Crippen molar-refractivity contribution in [3.05, 3.63) is 46.6 Å². The van der Waals surface area contributed by atoms with E-state index in [9.17, 15) is 18.0 Å². The number of Topliss-reactive ketones (excluding diaryl/α,β-unsaturated/α-hetero) is 1. The van der Waals surface area contributed by atoms with Crippen molar-refractivity contribution in [3.63, 3.8) is 0 Å². The minimum atomic E-state index is -4.40. The molecule has 2 heterocycles.